The highest BCUT2D eigenvalue weighted by Gasteiger charge is 2.57. The second kappa shape index (κ2) is 10.2. The van der Waals surface area contributed by atoms with Crippen molar-refractivity contribution in [2.75, 3.05) is 0 Å². The van der Waals surface area contributed by atoms with Gasteiger partial charge in [-0.3, -0.25) is 0 Å². The van der Waals surface area contributed by atoms with Crippen LogP contribution in [0.5, 0.6) is 0 Å². The van der Waals surface area contributed by atoms with E-state index in [9.17, 15) is 0 Å². The molecule has 242 valence electrons. The lowest BCUT2D eigenvalue weighted by Gasteiger charge is -2.54. The van der Waals surface area contributed by atoms with Crippen LogP contribution in [0.3, 0.4) is 0 Å². The molecule has 13 rings (SSSR count). The molecule has 0 N–H and O–H groups in total. The molecule has 0 saturated heterocycles. The fraction of sp³-hybridized carbons (Fsp3) is 0.476. The van der Waals surface area contributed by atoms with E-state index in [0.29, 0.717) is 0 Å². The third-order valence-corrected chi connectivity index (χ3v) is 13.8. The van der Waals surface area contributed by atoms with E-state index in [1.165, 1.54) is 88.4 Å². The van der Waals surface area contributed by atoms with E-state index in [-0.39, 0.29) is 11.1 Å². The molecule has 3 aromatic carbocycles. The van der Waals surface area contributed by atoms with Crippen LogP contribution in [0.4, 0.5) is 0 Å². The molecule has 5 aromatic rings. The molecule has 0 amide bonds. The highest BCUT2D eigenvalue weighted by molar-refractivity contribution is 5.61. The molecule has 8 bridgehead atoms. The molecule has 8 saturated carbocycles. The second-order valence-corrected chi connectivity index (χ2v) is 17.0. The zero-order valence-corrected chi connectivity index (χ0v) is 27.9. The maximum Gasteiger partial charge on any atom is 0.313 e. The summed E-state index contributed by atoms with van der Waals surface area (Å²) in [6.45, 7) is 0. The monoisotopic (exact) mass is 634 g/mol. The SMILES string of the molecule is c1ccc(-[n+]2cn(C34CC5CC(CC(C5)C3)C4)nc2-c2ccc(-c3nn(C45CC6CC(CC(C6)C4)C5)c[n+]3-c3ccccc3)cc2)cc1. The Morgan fingerprint density at radius 2 is 0.750 bits per heavy atom. The van der Waals surface area contributed by atoms with Gasteiger partial charge in [0.25, 0.3) is 0 Å². The van der Waals surface area contributed by atoms with E-state index < -0.39 is 0 Å². The first-order valence-corrected chi connectivity index (χ1v) is 18.8. The van der Waals surface area contributed by atoms with Crippen LogP contribution in [-0.4, -0.2) is 19.6 Å². The maximum absolute atomic E-state index is 5.48. The molecule has 8 aliphatic carbocycles. The summed E-state index contributed by atoms with van der Waals surface area (Å²) in [6, 6.07) is 30.7. The van der Waals surface area contributed by atoms with Crippen molar-refractivity contribution in [1.82, 2.24) is 19.6 Å². The molecule has 6 heteroatoms. The molecule has 48 heavy (non-hydrogen) atoms. The Morgan fingerprint density at radius 1 is 0.438 bits per heavy atom. The smallest absolute Gasteiger partial charge is 0.196 e. The minimum absolute atomic E-state index is 0.175. The molecule has 6 nitrogen and oxygen atoms in total. The van der Waals surface area contributed by atoms with Crippen molar-refractivity contribution >= 4 is 0 Å². The zero-order valence-electron chi connectivity index (χ0n) is 27.9. The molecule has 0 radical (unpaired) electrons. The van der Waals surface area contributed by atoms with Crippen molar-refractivity contribution in [2.24, 2.45) is 35.5 Å². The van der Waals surface area contributed by atoms with Crippen LogP contribution >= 0.6 is 0 Å². The summed E-state index contributed by atoms with van der Waals surface area (Å²) in [7, 11) is 0. The number of aromatic nitrogens is 6. The van der Waals surface area contributed by atoms with E-state index in [2.05, 4.69) is 116 Å². The minimum Gasteiger partial charge on any atom is -0.196 e. The van der Waals surface area contributed by atoms with Gasteiger partial charge in [-0.05, 0) is 161 Å². The summed E-state index contributed by atoms with van der Waals surface area (Å²) in [5.74, 6) is 7.32. The van der Waals surface area contributed by atoms with Gasteiger partial charge in [-0.25, -0.2) is 0 Å². The van der Waals surface area contributed by atoms with Crippen LogP contribution in [0.2, 0.25) is 0 Å². The van der Waals surface area contributed by atoms with Gasteiger partial charge in [0.15, 0.2) is 0 Å². The van der Waals surface area contributed by atoms with Crippen molar-refractivity contribution in [3.8, 4) is 34.2 Å². The first kappa shape index (κ1) is 27.8. The Hall–Kier alpha value is -4.06. The summed E-state index contributed by atoms with van der Waals surface area (Å²) < 4.78 is 9.48. The normalized spacial score (nSPS) is 34.2. The van der Waals surface area contributed by atoms with E-state index in [1.807, 2.05) is 0 Å². The van der Waals surface area contributed by atoms with E-state index in [4.69, 9.17) is 10.2 Å². The number of hydrogen-bond donors (Lipinski definition) is 0. The molecule has 0 aliphatic heterocycles. The van der Waals surface area contributed by atoms with Crippen LogP contribution < -0.4 is 9.13 Å². The van der Waals surface area contributed by atoms with Crippen LogP contribution in [0.15, 0.2) is 97.6 Å². The molecule has 0 spiro atoms. The van der Waals surface area contributed by atoms with Gasteiger partial charge < -0.3 is 0 Å². The summed E-state index contributed by atoms with van der Waals surface area (Å²) >= 11 is 0. The lowest BCUT2D eigenvalue weighted by molar-refractivity contribution is -0.585. The largest absolute Gasteiger partial charge is 0.313 e. The quantitative estimate of drug-likeness (QED) is 0.179. The van der Waals surface area contributed by atoms with E-state index in [1.54, 1.807) is 0 Å². The van der Waals surface area contributed by atoms with Crippen LogP contribution in [0.25, 0.3) is 34.2 Å². The first-order valence-electron chi connectivity index (χ1n) is 18.8. The lowest BCUT2D eigenvalue weighted by Crippen LogP contribution is -2.52. The predicted octanol–water partition coefficient (Wildman–Crippen LogP) is 7.82. The number of para-hydroxylation sites is 2. The first-order chi connectivity index (χ1) is 23.6. The molecule has 8 aliphatic rings. The van der Waals surface area contributed by atoms with Gasteiger partial charge >= 0.3 is 11.6 Å². The third kappa shape index (κ3) is 4.29. The van der Waals surface area contributed by atoms with E-state index in [0.717, 1.165) is 58.3 Å². The number of benzene rings is 3. The standard InChI is InChI=1S/C42H46N6/c1-3-7-37(8-4-1)45-27-47(41-21-29-15-30(22-41)17-31(16-29)23-41)43-39(45)35-11-13-36(14-12-35)40-44-48(28-46(40)38-9-5-2-6-10-38)42-24-32-18-33(25-42)20-34(19-32)26-42/h1-14,27-34H,15-26H2/q+2. The zero-order chi connectivity index (χ0) is 31.5. The van der Waals surface area contributed by atoms with Gasteiger partial charge in [0.2, 0.25) is 12.7 Å². The molecular weight excluding hydrogens is 589 g/mol. The highest BCUT2D eigenvalue weighted by Crippen LogP contribution is 2.59. The average Bonchev–Trinajstić information content (AvgIpc) is 3.76. The van der Waals surface area contributed by atoms with Crippen LogP contribution in [0.1, 0.15) is 77.0 Å². The summed E-state index contributed by atoms with van der Waals surface area (Å²) in [5, 5.41) is 11.0. The van der Waals surface area contributed by atoms with E-state index >= 15 is 0 Å². The number of rotatable bonds is 6. The fourth-order valence-corrected chi connectivity index (χ4v) is 12.5. The molecule has 2 aromatic heterocycles. The average molecular weight is 635 g/mol. The lowest BCUT2D eigenvalue weighted by atomic mass is 9.53. The van der Waals surface area contributed by atoms with Gasteiger partial charge in [-0.15, -0.1) is 9.36 Å². The Kier molecular flexibility index (Phi) is 5.93. The fourth-order valence-electron chi connectivity index (χ4n) is 12.5. The number of hydrogen-bond acceptors (Lipinski definition) is 2. The molecule has 0 atom stereocenters. The minimum atomic E-state index is 0.175. The van der Waals surface area contributed by atoms with Crippen LogP contribution in [-0.2, 0) is 11.1 Å². The Morgan fingerprint density at radius 3 is 1.06 bits per heavy atom. The van der Waals surface area contributed by atoms with Gasteiger partial charge in [0.05, 0.1) is 11.1 Å². The Labute approximate surface area is 283 Å². The Balaban J connectivity index is 0.994. The highest BCUT2D eigenvalue weighted by atomic mass is 15.4. The Bertz CT molecular complexity index is 1770. The van der Waals surface area contributed by atoms with Crippen LogP contribution in [0, 0.1) is 35.5 Å². The molecule has 0 unspecified atom stereocenters. The van der Waals surface area contributed by atoms with Crippen molar-refractivity contribution in [3.05, 3.63) is 97.6 Å². The van der Waals surface area contributed by atoms with Gasteiger partial charge in [-0.1, -0.05) is 36.4 Å². The second-order valence-electron chi connectivity index (χ2n) is 17.0. The van der Waals surface area contributed by atoms with Gasteiger partial charge in [-0.2, -0.15) is 9.13 Å². The van der Waals surface area contributed by atoms with Gasteiger partial charge in [0.1, 0.15) is 22.5 Å². The maximum atomic E-state index is 5.48. The molecule has 8 fully saturated rings. The summed E-state index contributed by atoms with van der Waals surface area (Å²) in [5.41, 5.74) is 4.99. The molecular formula is C42H46N6+2. The molecule has 2 heterocycles. The summed E-state index contributed by atoms with van der Waals surface area (Å²) in [4.78, 5) is 0. The van der Waals surface area contributed by atoms with Gasteiger partial charge in [0, 0.05) is 10.2 Å². The topological polar surface area (TPSA) is 43.4 Å². The van der Waals surface area contributed by atoms with Crippen molar-refractivity contribution < 1.29 is 9.13 Å². The van der Waals surface area contributed by atoms with Crippen molar-refractivity contribution in [2.45, 2.75) is 88.1 Å². The summed E-state index contributed by atoms with van der Waals surface area (Å²) in [6.07, 6.45) is 21.0. The van der Waals surface area contributed by atoms with Crippen molar-refractivity contribution in [3.63, 3.8) is 0 Å². The third-order valence-electron chi connectivity index (χ3n) is 13.8. The predicted molar refractivity (Wildman–Crippen MR) is 184 cm³/mol. The van der Waals surface area contributed by atoms with Crippen molar-refractivity contribution in [1.29, 1.82) is 0 Å². The number of nitrogens with zero attached hydrogens (tertiary/aromatic N) is 6.